The Morgan fingerprint density at radius 2 is 1.21 bits per heavy atom. The van der Waals surface area contributed by atoms with Gasteiger partial charge >= 0.3 is 23.6 Å². The minimum Gasteiger partial charge on any atom is -0.872 e. The summed E-state index contributed by atoms with van der Waals surface area (Å²) in [6.07, 6.45) is 3.11. The van der Waals surface area contributed by atoms with E-state index >= 15 is 0 Å². The largest absolute Gasteiger partial charge is 2.00 e. The third-order valence-electron chi connectivity index (χ3n) is 7.00. The number of benzene rings is 3. The van der Waals surface area contributed by atoms with Gasteiger partial charge in [-0.15, -0.1) is 11.5 Å². The molecule has 3 aromatic carbocycles. The molecular weight excluding hydrogens is 522 g/mol. The SMILES string of the molecule is CC(C)(C)c1ccc([O-])c(C=Nc2ccccc2N=Cc2cc(B3OC(C)(C)C(C)(C)O3)ccc2[O-])c1.[Ni+2]. The summed E-state index contributed by atoms with van der Waals surface area (Å²) in [7, 11) is -0.570. The Kier molecular flexibility index (Phi) is 8.62. The molecule has 200 valence electrons. The van der Waals surface area contributed by atoms with E-state index in [0.29, 0.717) is 22.5 Å². The van der Waals surface area contributed by atoms with Crippen molar-refractivity contribution in [1.82, 2.24) is 0 Å². The van der Waals surface area contributed by atoms with Gasteiger partial charge in [0.2, 0.25) is 0 Å². The zero-order chi connectivity index (χ0) is 27.0. The average Bonchev–Trinajstić information content (AvgIpc) is 3.04. The predicted octanol–water partition coefficient (Wildman–Crippen LogP) is 4.93. The minimum absolute atomic E-state index is 0. The van der Waals surface area contributed by atoms with Gasteiger partial charge in [0.1, 0.15) is 0 Å². The van der Waals surface area contributed by atoms with Gasteiger partial charge in [0.15, 0.2) is 0 Å². The van der Waals surface area contributed by atoms with Crippen LogP contribution in [0, 0.1) is 0 Å². The van der Waals surface area contributed by atoms with Crippen molar-refractivity contribution in [2.45, 2.75) is 65.1 Å². The summed E-state index contributed by atoms with van der Waals surface area (Å²) >= 11 is 0. The van der Waals surface area contributed by atoms with Crippen molar-refractivity contribution in [3.63, 3.8) is 0 Å². The van der Waals surface area contributed by atoms with E-state index in [1.54, 1.807) is 24.4 Å². The Morgan fingerprint density at radius 1 is 0.737 bits per heavy atom. The second-order valence-electron chi connectivity index (χ2n) is 11.4. The van der Waals surface area contributed by atoms with Gasteiger partial charge in [0.25, 0.3) is 0 Å². The van der Waals surface area contributed by atoms with E-state index in [1.165, 1.54) is 12.3 Å². The van der Waals surface area contributed by atoms with Crippen molar-refractivity contribution >= 4 is 36.4 Å². The fourth-order valence-corrected chi connectivity index (χ4v) is 3.87. The number of rotatable bonds is 5. The van der Waals surface area contributed by atoms with Crippen LogP contribution in [0.15, 0.2) is 70.6 Å². The Labute approximate surface area is 235 Å². The van der Waals surface area contributed by atoms with Crippen molar-refractivity contribution in [2.75, 3.05) is 0 Å². The monoisotopic (exact) mass is 554 g/mol. The normalized spacial score (nSPS) is 16.8. The van der Waals surface area contributed by atoms with Gasteiger partial charge in [-0.05, 0) is 67.4 Å². The Bertz CT molecular complexity index is 1350. The third-order valence-corrected chi connectivity index (χ3v) is 7.00. The molecule has 3 aromatic rings. The first-order chi connectivity index (χ1) is 17.3. The molecule has 0 spiro atoms. The second-order valence-corrected chi connectivity index (χ2v) is 11.4. The molecule has 0 bridgehead atoms. The van der Waals surface area contributed by atoms with E-state index in [9.17, 15) is 10.2 Å². The molecule has 1 aliphatic rings. The summed E-state index contributed by atoms with van der Waals surface area (Å²) < 4.78 is 12.3. The molecule has 0 saturated carbocycles. The molecule has 0 aliphatic carbocycles. The van der Waals surface area contributed by atoms with E-state index in [-0.39, 0.29) is 33.4 Å². The second kappa shape index (κ2) is 11.1. The predicted molar refractivity (Wildman–Crippen MR) is 147 cm³/mol. The fraction of sp³-hybridized carbons (Fsp3) is 0.333. The van der Waals surface area contributed by atoms with Crippen molar-refractivity contribution in [3.8, 4) is 11.5 Å². The standard InChI is InChI=1S/C30H35BN2O4.Ni/c1-28(2,3)22-12-14-26(34)20(16-22)18-32-24-10-8-9-11-25(24)33-19-21-17-23(13-15-27(21)35)31-36-29(4,5)30(6,7)37-31;/h8-19,34-35H,1-7H3;/q;+2/p-2. The maximum atomic E-state index is 12.6. The Hall–Kier alpha value is -2.92. The van der Waals surface area contributed by atoms with Crippen LogP contribution in [0.2, 0.25) is 0 Å². The van der Waals surface area contributed by atoms with Gasteiger partial charge in [0, 0.05) is 12.4 Å². The first-order valence-corrected chi connectivity index (χ1v) is 12.4. The molecule has 1 fully saturated rings. The van der Waals surface area contributed by atoms with Crippen LogP contribution in [0.1, 0.15) is 65.2 Å². The Balaban J connectivity index is 0.00000400. The van der Waals surface area contributed by atoms with Crippen molar-refractivity contribution in [1.29, 1.82) is 0 Å². The van der Waals surface area contributed by atoms with Crippen molar-refractivity contribution in [2.24, 2.45) is 9.98 Å². The van der Waals surface area contributed by atoms with Gasteiger partial charge in [-0.25, -0.2) is 0 Å². The molecule has 1 heterocycles. The zero-order valence-electron chi connectivity index (χ0n) is 22.8. The molecule has 1 aliphatic heterocycles. The zero-order valence-corrected chi connectivity index (χ0v) is 23.8. The molecule has 0 radical (unpaired) electrons. The number of para-hydroxylation sites is 2. The average molecular weight is 555 g/mol. The van der Waals surface area contributed by atoms with Gasteiger partial charge in [-0.3, -0.25) is 9.98 Å². The van der Waals surface area contributed by atoms with Gasteiger partial charge < -0.3 is 19.5 Å². The minimum atomic E-state index is -0.570. The molecule has 6 nitrogen and oxygen atoms in total. The van der Waals surface area contributed by atoms with Gasteiger partial charge in [0.05, 0.1) is 22.6 Å². The first-order valence-electron chi connectivity index (χ1n) is 12.4. The van der Waals surface area contributed by atoms with E-state index in [4.69, 9.17) is 9.31 Å². The first kappa shape index (κ1) is 29.6. The molecule has 0 N–H and O–H groups in total. The van der Waals surface area contributed by atoms with Crippen molar-refractivity contribution < 1.29 is 36.0 Å². The molecule has 0 unspecified atom stereocenters. The van der Waals surface area contributed by atoms with Crippen LogP contribution in [-0.4, -0.2) is 30.7 Å². The van der Waals surface area contributed by atoms with Crippen LogP contribution in [-0.2, 0) is 31.2 Å². The summed E-state index contributed by atoms with van der Waals surface area (Å²) in [6.45, 7) is 14.3. The molecule has 8 heteroatoms. The van der Waals surface area contributed by atoms with Gasteiger partial charge in [-0.1, -0.05) is 69.3 Å². The molecular formula is C30H33BN2NiO4. The summed E-state index contributed by atoms with van der Waals surface area (Å²) in [5, 5.41) is 25.0. The maximum Gasteiger partial charge on any atom is 2.00 e. The summed E-state index contributed by atoms with van der Waals surface area (Å²) in [4.78, 5) is 9.11. The fourth-order valence-electron chi connectivity index (χ4n) is 3.87. The van der Waals surface area contributed by atoms with Crippen LogP contribution in [0.4, 0.5) is 11.4 Å². The molecule has 38 heavy (non-hydrogen) atoms. The van der Waals surface area contributed by atoms with E-state index in [2.05, 4.69) is 30.8 Å². The number of aliphatic imine (C=N–C) groups is 2. The quantitative estimate of drug-likeness (QED) is 0.330. The van der Waals surface area contributed by atoms with E-state index in [0.717, 1.165) is 11.0 Å². The maximum absolute atomic E-state index is 12.6. The topological polar surface area (TPSA) is 89.3 Å². The number of hydrogen-bond donors (Lipinski definition) is 0. The molecule has 0 aromatic heterocycles. The molecule has 0 amide bonds. The Morgan fingerprint density at radius 3 is 1.71 bits per heavy atom. The summed E-state index contributed by atoms with van der Waals surface area (Å²) in [6, 6.07) is 17.6. The smallest absolute Gasteiger partial charge is 0.872 e. The summed E-state index contributed by atoms with van der Waals surface area (Å²) in [5.74, 6) is -0.242. The number of hydrogen-bond acceptors (Lipinski definition) is 6. The van der Waals surface area contributed by atoms with Crippen LogP contribution < -0.4 is 15.7 Å². The van der Waals surface area contributed by atoms with Gasteiger partial charge in [-0.2, -0.15) is 0 Å². The molecule has 4 rings (SSSR count). The molecule has 1 saturated heterocycles. The van der Waals surface area contributed by atoms with Crippen molar-refractivity contribution in [3.05, 3.63) is 77.4 Å². The van der Waals surface area contributed by atoms with Crippen LogP contribution in [0.25, 0.3) is 0 Å². The van der Waals surface area contributed by atoms with E-state index < -0.39 is 18.3 Å². The van der Waals surface area contributed by atoms with Crippen LogP contribution >= 0.6 is 0 Å². The summed E-state index contributed by atoms with van der Waals surface area (Å²) in [5.41, 5.74) is 2.90. The third kappa shape index (κ3) is 6.37. The van der Waals surface area contributed by atoms with E-state index in [1.807, 2.05) is 64.1 Å². The van der Waals surface area contributed by atoms with Crippen LogP contribution in [0.3, 0.4) is 0 Å². The van der Waals surface area contributed by atoms with Crippen LogP contribution in [0.5, 0.6) is 11.5 Å². The number of nitrogens with zero attached hydrogens (tertiary/aromatic N) is 2. The molecule has 0 atom stereocenters.